The van der Waals surface area contributed by atoms with E-state index in [-0.39, 0.29) is 23.6 Å². The third-order valence-corrected chi connectivity index (χ3v) is 6.40. The topological polar surface area (TPSA) is 64.0 Å². The van der Waals surface area contributed by atoms with Crippen LogP contribution in [0.4, 0.5) is 0 Å². The molecule has 3 rings (SSSR count). The van der Waals surface area contributed by atoms with Crippen molar-refractivity contribution in [3.05, 3.63) is 69.5 Å². The third kappa shape index (κ3) is 5.89. The molecule has 2 aromatic carbocycles. The summed E-state index contributed by atoms with van der Waals surface area (Å²) in [5.74, 6) is -0.0682. The molecule has 0 aliphatic carbocycles. The van der Waals surface area contributed by atoms with Gasteiger partial charge in [0.15, 0.2) is 5.16 Å². The first-order valence-corrected chi connectivity index (χ1v) is 11.7. The van der Waals surface area contributed by atoms with Gasteiger partial charge in [-0.1, -0.05) is 53.7 Å². The van der Waals surface area contributed by atoms with Gasteiger partial charge < -0.3 is 5.32 Å². The van der Waals surface area contributed by atoms with Crippen LogP contribution in [0.15, 0.2) is 58.5 Å². The van der Waals surface area contributed by atoms with E-state index in [4.69, 9.17) is 11.6 Å². The first kappa shape index (κ1) is 23.4. The van der Waals surface area contributed by atoms with Crippen molar-refractivity contribution in [1.82, 2.24) is 14.9 Å². The molecule has 31 heavy (non-hydrogen) atoms. The van der Waals surface area contributed by atoms with Gasteiger partial charge in [-0.15, -0.1) is 0 Å². The average Bonchev–Trinajstić information content (AvgIpc) is 2.72. The number of rotatable bonds is 8. The molecule has 0 aliphatic rings. The highest BCUT2D eigenvalue weighted by Gasteiger charge is 2.21. The predicted octanol–water partition coefficient (Wildman–Crippen LogP) is 5.25. The lowest BCUT2D eigenvalue weighted by atomic mass is 10.1. The average molecular weight is 458 g/mol. The molecule has 0 fully saturated rings. The molecule has 7 heteroatoms. The van der Waals surface area contributed by atoms with Gasteiger partial charge in [0.05, 0.1) is 16.2 Å². The van der Waals surface area contributed by atoms with Crippen molar-refractivity contribution in [2.75, 3.05) is 0 Å². The summed E-state index contributed by atoms with van der Waals surface area (Å²) < 4.78 is 1.64. The molecule has 0 saturated carbocycles. The maximum Gasteiger partial charge on any atom is 0.262 e. The Morgan fingerprint density at radius 3 is 2.52 bits per heavy atom. The standard InChI is InChI=1S/C24H28ClN3O2S/c1-15(2)28-23(30)20-13-12-19(25)14-21(20)27-24(28)31-17(4)22(29)26-16(3)10-11-18-8-6-5-7-9-18/h5-9,12-17H,10-11H2,1-4H3,(H,26,29)/t16-,17-/m1/s1. The highest BCUT2D eigenvalue weighted by molar-refractivity contribution is 8.00. The van der Waals surface area contributed by atoms with Crippen LogP contribution < -0.4 is 10.9 Å². The summed E-state index contributed by atoms with van der Waals surface area (Å²) in [5, 5.41) is 4.26. The molecular formula is C24H28ClN3O2S. The number of nitrogens with one attached hydrogen (secondary N) is 1. The van der Waals surface area contributed by atoms with Crippen LogP contribution in [-0.2, 0) is 11.2 Å². The Morgan fingerprint density at radius 2 is 1.84 bits per heavy atom. The Morgan fingerprint density at radius 1 is 1.13 bits per heavy atom. The van der Waals surface area contributed by atoms with E-state index in [9.17, 15) is 9.59 Å². The Kier molecular flexibility index (Phi) is 7.79. The highest BCUT2D eigenvalue weighted by atomic mass is 35.5. The number of benzene rings is 2. The van der Waals surface area contributed by atoms with Gasteiger partial charge in [-0.2, -0.15) is 0 Å². The second kappa shape index (κ2) is 10.3. The smallest absolute Gasteiger partial charge is 0.262 e. The van der Waals surface area contributed by atoms with Crippen molar-refractivity contribution < 1.29 is 4.79 Å². The maximum atomic E-state index is 13.0. The zero-order valence-corrected chi connectivity index (χ0v) is 19.8. The predicted molar refractivity (Wildman–Crippen MR) is 129 cm³/mol. The van der Waals surface area contributed by atoms with Gasteiger partial charge in [0.25, 0.3) is 5.56 Å². The molecule has 3 aromatic rings. The van der Waals surface area contributed by atoms with Gasteiger partial charge in [-0.05, 0) is 64.3 Å². The second-order valence-electron chi connectivity index (χ2n) is 8.02. The first-order valence-electron chi connectivity index (χ1n) is 10.5. The molecule has 1 amide bonds. The minimum Gasteiger partial charge on any atom is -0.353 e. The van der Waals surface area contributed by atoms with E-state index in [0.29, 0.717) is 21.1 Å². The SMILES string of the molecule is CC(C)n1c(S[C@H](C)C(=O)N[C@H](C)CCc2ccccc2)nc2cc(Cl)ccc2c1=O. The number of nitrogens with zero attached hydrogens (tertiary/aromatic N) is 2. The van der Waals surface area contributed by atoms with Crippen molar-refractivity contribution in [3.63, 3.8) is 0 Å². The largest absolute Gasteiger partial charge is 0.353 e. The monoisotopic (exact) mass is 457 g/mol. The molecule has 0 aliphatic heterocycles. The summed E-state index contributed by atoms with van der Waals surface area (Å²) >= 11 is 7.39. The molecule has 0 unspecified atom stereocenters. The number of carbonyl (C=O) groups excluding carboxylic acids is 1. The fourth-order valence-corrected chi connectivity index (χ4v) is 4.58. The van der Waals surface area contributed by atoms with Crippen LogP contribution in [0.5, 0.6) is 0 Å². The quantitative estimate of drug-likeness (QED) is 0.370. The van der Waals surface area contributed by atoms with E-state index in [2.05, 4.69) is 22.4 Å². The molecule has 0 saturated heterocycles. The highest BCUT2D eigenvalue weighted by Crippen LogP contribution is 2.26. The number of halogens is 1. The van der Waals surface area contributed by atoms with Crippen LogP contribution in [0.25, 0.3) is 10.9 Å². The number of thioether (sulfide) groups is 1. The van der Waals surface area contributed by atoms with E-state index < -0.39 is 5.25 Å². The molecule has 164 valence electrons. The van der Waals surface area contributed by atoms with Crippen molar-refractivity contribution >= 4 is 40.2 Å². The summed E-state index contributed by atoms with van der Waals surface area (Å²) in [6.45, 7) is 7.72. The molecule has 0 bridgehead atoms. The van der Waals surface area contributed by atoms with Crippen LogP contribution in [0.1, 0.15) is 45.7 Å². The minimum absolute atomic E-state index is 0.0476. The summed E-state index contributed by atoms with van der Waals surface area (Å²) in [7, 11) is 0. The molecule has 1 heterocycles. The van der Waals surface area contributed by atoms with Gasteiger partial charge in [0, 0.05) is 17.1 Å². The lowest BCUT2D eigenvalue weighted by Gasteiger charge is -2.20. The normalized spacial score (nSPS) is 13.4. The number of amides is 1. The number of hydrogen-bond donors (Lipinski definition) is 1. The Hall–Kier alpha value is -2.31. The van der Waals surface area contributed by atoms with Crippen LogP contribution in [0.3, 0.4) is 0 Å². The molecule has 5 nitrogen and oxygen atoms in total. The minimum atomic E-state index is -0.396. The van der Waals surface area contributed by atoms with Gasteiger partial charge in [0.1, 0.15) is 0 Å². The maximum absolute atomic E-state index is 13.0. The Bertz CT molecular complexity index is 1120. The van der Waals surface area contributed by atoms with E-state index in [1.165, 1.54) is 17.3 Å². The van der Waals surface area contributed by atoms with Crippen LogP contribution >= 0.6 is 23.4 Å². The van der Waals surface area contributed by atoms with Crippen LogP contribution in [-0.4, -0.2) is 26.8 Å². The van der Waals surface area contributed by atoms with E-state index in [1.54, 1.807) is 22.8 Å². The van der Waals surface area contributed by atoms with Gasteiger partial charge in [-0.25, -0.2) is 4.98 Å². The summed E-state index contributed by atoms with van der Waals surface area (Å²) in [6, 6.07) is 15.3. The van der Waals surface area contributed by atoms with Gasteiger partial charge in [-0.3, -0.25) is 14.2 Å². The fraction of sp³-hybridized carbons (Fsp3) is 0.375. The number of aromatic nitrogens is 2. The van der Waals surface area contributed by atoms with E-state index in [0.717, 1.165) is 12.8 Å². The lowest BCUT2D eigenvalue weighted by Crippen LogP contribution is -2.38. The Balaban J connectivity index is 1.72. The van der Waals surface area contributed by atoms with Crippen LogP contribution in [0.2, 0.25) is 5.02 Å². The number of hydrogen-bond acceptors (Lipinski definition) is 4. The molecular weight excluding hydrogens is 430 g/mol. The number of aryl methyl sites for hydroxylation is 1. The Labute approximate surface area is 192 Å². The fourth-order valence-electron chi connectivity index (χ4n) is 3.36. The van der Waals surface area contributed by atoms with Gasteiger partial charge >= 0.3 is 0 Å². The second-order valence-corrected chi connectivity index (χ2v) is 9.76. The summed E-state index contributed by atoms with van der Waals surface area (Å²) in [5.41, 5.74) is 1.68. The zero-order valence-electron chi connectivity index (χ0n) is 18.3. The van der Waals surface area contributed by atoms with Crippen molar-refractivity contribution in [2.45, 2.75) is 63.0 Å². The van der Waals surface area contributed by atoms with Crippen molar-refractivity contribution in [2.24, 2.45) is 0 Å². The van der Waals surface area contributed by atoms with E-state index in [1.807, 2.05) is 45.9 Å². The summed E-state index contributed by atoms with van der Waals surface area (Å²) in [6.07, 6.45) is 1.76. The zero-order chi connectivity index (χ0) is 22.5. The summed E-state index contributed by atoms with van der Waals surface area (Å²) in [4.78, 5) is 30.5. The molecule has 1 aromatic heterocycles. The molecule has 1 N–H and O–H groups in total. The van der Waals surface area contributed by atoms with Crippen molar-refractivity contribution in [3.8, 4) is 0 Å². The van der Waals surface area contributed by atoms with E-state index >= 15 is 0 Å². The van der Waals surface area contributed by atoms with Crippen molar-refractivity contribution in [1.29, 1.82) is 0 Å². The molecule has 2 atom stereocenters. The number of fused-ring (bicyclic) bond motifs is 1. The van der Waals surface area contributed by atoms with Crippen LogP contribution in [0, 0.1) is 0 Å². The lowest BCUT2D eigenvalue weighted by molar-refractivity contribution is -0.120. The van der Waals surface area contributed by atoms with Gasteiger partial charge in [0.2, 0.25) is 5.91 Å². The molecule has 0 spiro atoms. The molecule has 0 radical (unpaired) electrons. The number of carbonyl (C=O) groups is 1. The first-order chi connectivity index (χ1) is 14.8. The third-order valence-electron chi connectivity index (χ3n) is 5.10.